The summed E-state index contributed by atoms with van der Waals surface area (Å²) in [6, 6.07) is 16.1. The van der Waals surface area contributed by atoms with Gasteiger partial charge in [0.1, 0.15) is 5.75 Å². The van der Waals surface area contributed by atoms with E-state index < -0.39 is 12.2 Å². The van der Waals surface area contributed by atoms with E-state index in [9.17, 15) is 15.0 Å². The lowest BCUT2D eigenvalue weighted by Gasteiger charge is -2.13. The number of aliphatic hydroxyl groups is 1. The van der Waals surface area contributed by atoms with Crippen LogP contribution in [0.5, 0.6) is 5.75 Å². The highest BCUT2D eigenvalue weighted by molar-refractivity contribution is 7.15. The van der Waals surface area contributed by atoms with E-state index in [1.54, 1.807) is 49.6 Å². The zero-order valence-electron chi connectivity index (χ0n) is 14.5. The fraction of sp³-hybridized carbons (Fsp3) is 0.150. The molecule has 0 saturated heterocycles. The summed E-state index contributed by atoms with van der Waals surface area (Å²) in [5, 5.41) is 23.4. The minimum absolute atomic E-state index is 0.121. The number of nitrogens with one attached hydrogen (secondary N) is 1. The molecule has 1 heterocycles. The summed E-state index contributed by atoms with van der Waals surface area (Å²) in [5.41, 5.74) is 2.24. The van der Waals surface area contributed by atoms with E-state index in [-0.39, 0.29) is 6.42 Å². The first-order valence-corrected chi connectivity index (χ1v) is 9.34. The number of hydrogen-bond donors (Lipinski definition) is 3. The maximum atomic E-state index is 11.2. The van der Waals surface area contributed by atoms with E-state index in [0.717, 1.165) is 21.9 Å². The van der Waals surface area contributed by atoms with Crippen molar-refractivity contribution >= 4 is 34.6 Å². The van der Waals surface area contributed by atoms with Gasteiger partial charge in [0.15, 0.2) is 6.23 Å². The number of ether oxygens (including phenoxy) is 1. The second-order valence-electron chi connectivity index (χ2n) is 5.86. The van der Waals surface area contributed by atoms with E-state index in [1.165, 1.54) is 11.3 Å². The molecule has 0 fully saturated rings. The summed E-state index contributed by atoms with van der Waals surface area (Å²) < 4.78 is 5.12. The SMILES string of the molecule is COc1ccc(NC(O)c2cc(CC(=O)O)c(-c3ccc(Cl)cc3)s2)cc1. The summed E-state index contributed by atoms with van der Waals surface area (Å²) in [6.45, 7) is 0. The van der Waals surface area contributed by atoms with Crippen LogP contribution in [0.3, 0.4) is 0 Å². The number of thiophene rings is 1. The molecule has 1 unspecified atom stereocenters. The third-order valence-electron chi connectivity index (χ3n) is 3.94. The van der Waals surface area contributed by atoms with Gasteiger partial charge in [-0.05, 0) is 53.6 Å². The molecule has 0 aliphatic heterocycles. The molecular weight excluding hydrogens is 386 g/mol. The van der Waals surface area contributed by atoms with Crippen molar-refractivity contribution in [2.45, 2.75) is 12.6 Å². The van der Waals surface area contributed by atoms with Crippen LogP contribution in [0.1, 0.15) is 16.7 Å². The Kier molecular flexibility index (Phi) is 6.01. The highest BCUT2D eigenvalue weighted by Crippen LogP contribution is 2.37. The molecular formula is C20H18ClNO4S. The lowest BCUT2D eigenvalue weighted by molar-refractivity contribution is -0.136. The van der Waals surface area contributed by atoms with Gasteiger partial charge in [0, 0.05) is 15.6 Å². The highest BCUT2D eigenvalue weighted by atomic mass is 35.5. The first-order chi connectivity index (χ1) is 13.0. The molecule has 27 heavy (non-hydrogen) atoms. The first kappa shape index (κ1) is 19.2. The molecule has 0 radical (unpaired) electrons. The highest BCUT2D eigenvalue weighted by Gasteiger charge is 2.18. The second kappa shape index (κ2) is 8.43. The summed E-state index contributed by atoms with van der Waals surface area (Å²) in [7, 11) is 1.59. The minimum Gasteiger partial charge on any atom is -0.497 e. The van der Waals surface area contributed by atoms with Gasteiger partial charge in [0.05, 0.1) is 18.4 Å². The molecule has 3 N–H and O–H groups in total. The number of methoxy groups -OCH3 is 1. The number of rotatable bonds is 7. The van der Waals surface area contributed by atoms with Crippen LogP contribution in [0.4, 0.5) is 5.69 Å². The topological polar surface area (TPSA) is 78.8 Å². The maximum Gasteiger partial charge on any atom is 0.307 e. The van der Waals surface area contributed by atoms with Gasteiger partial charge in [-0.2, -0.15) is 0 Å². The van der Waals surface area contributed by atoms with Crippen LogP contribution in [-0.2, 0) is 11.2 Å². The summed E-state index contributed by atoms with van der Waals surface area (Å²) >= 11 is 7.29. The van der Waals surface area contributed by atoms with E-state index in [1.807, 2.05) is 12.1 Å². The molecule has 2 aromatic carbocycles. The predicted octanol–water partition coefficient (Wildman–Crippen LogP) is 4.81. The molecule has 0 bridgehead atoms. The molecule has 1 aromatic heterocycles. The van der Waals surface area contributed by atoms with Crippen molar-refractivity contribution in [1.29, 1.82) is 0 Å². The zero-order valence-corrected chi connectivity index (χ0v) is 16.1. The van der Waals surface area contributed by atoms with Crippen molar-refractivity contribution in [2.24, 2.45) is 0 Å². The fourth-order valence-corrected chi connectivity index (χ4v) is 3.89. The normalized spacial score (nSPS) is 11.8. The Morgan fingerprint density at radius 2 is 1.85 bits per heavy atom. The standard InChI is InChI=1S/C20H18ClNO4S/c1-26-16-8-6-15(7-9-16)22-20(25)17-10-13(11-18(23)24)19(27-17)12-2-4-14(21)5-3-12/h2-10,20,22,25H,11H2,1H3,(H,23,24). The smallest absolute Gasteiger partial charge is 0.307 e. The average Bonchev–Trinajstić information content (AvgIpc) is 3.06. The van der Waals surface area contributed by atoms with Crippen LogP contribution in [0.2, 0.25) is 5.02 Å². The number of carboxylic acid groups (broad SMARTS) is 1. The predicted molar refractivity (Wildman–Crippen MR) is 108 cm³/mol. The monoisotopic (exact) mass is 403 g/mol. The van der Waals surface area contributed by atoms with Crippen LogP contribution in [0, 0.1) is 0 Å². The van der Waals surface area contributed by atoms with Crippen LogP contribution in [-0.4, -0.2) is 23.3 Å². The van der Waals surface area contributed by atoms with Gasteiger partial charge in [0.25, 0.3) is 0 Å². The second-order valence-corrected chi connectivity index (χ2v) is 7.38. The number of anilines is 1. The van der Waals surface area contributed by atoms with Gasteiger partial charge >= 0.3 is 5.97 Å². The van der Waals surface area contributed by atoms with Crippen molar-refractivity contribution in [3.63, 3.8) is 0 Å². The Morgan fingerprint density at radius 1 is 1.19 bits per heavy atom. The van der Waals surface area contributed by atoms with Gasteiger partial charge in [0.2, 0.25) is 0 Å². The third-order valence-corrected chi connectivity index (χ3v) is 5.47. The number of aliphatic carboxylic acids is 1. The Labute approximate surface area is 165 Å². The lowest BCUT2D eigenvalue weighted by Crippen LogP contribution is -2.08. The Hall–Kier alpha value is -2.54. The Morgan fingerprint density at radius 3 is 2.44 bits per heavy atom. The lowest BCUT2D eigenvalue weighted by atomic mass is 10.1. The Balaban J connectivity index is 1.87. The van der Waals surface area contributed by atoms with Crippen LogP contribution >= 0.6 is 22.9 Å². The average molecular weight is 404 g/mol. The Bertz CT molecular complexity index is 922. The number of aliphatic hydroxyl groups excluding tert-OH is 1. The van der Waals surface area contributed by atoms with E-state index in [0.29, 0.717) is 15.5 Å². The molecule has 0 aliphatic rings. The largest absolute Gasteiger partial charge is 0.497 e. The van der Waals surface area contributed by atoms with Gasteiger partial charge in [-0.15, -0.1) is 11.3 Å². The van der Waals surface area contributed by atoms with Gasteiger partial charge in [-0.3, -0.25) is 4.79 Å². The van der Waals surface area contributed by atoms with Gasteiger partial charge < -0.3 is 20.3 Å². The number of benzene rings is 2. The summed E-state index contributed by atoms with van der Waals surface area (Å²) in [4.78, 5) is 12.7. The van der Waals surface area contributed by atoms with E-state index in [4.69, 9.17) is 16.3 Å². The molecule has 0 amide bonds. The fourth-order valence-electron chi connectivity index (χ4n) is 2.64. The maximum absolute atomic E-state index is 11.2. The molecule has 3 rings (SSSR count). The van der Waals surface area contributed by atoms with Crippen molar-refractivity contribution < 1.29 is 19.7 Å². The minimum atomic E-state index is -0.961. The van der Waals surface area contributed by atoms with Gasteiger partial charge in [-0.1, -0.05) is 23.7 Å². The van der Waals surface area contributed by atoms with Crippen molar-refractivity contribution in [3.8, 4) is 16.2 Å². The molecule has 5 nitrogen and oxygen atoms in total. The van der Waals surface area contributed by atoms with Crippen molar-refractivity contribution in [2.75, 3.05) is 12.4 Å². The number of hydrogen-bond acceptors (Lipinski definition) is 5. The number of carbonyl (C=O) groups is 1. The van der Waals surface area contributed by atoms with Crippen LogP contribution in [0.25, 0.3) is 10.4 Å². The molecule has 0 aliphatic carbocycles. The van der Waals surface area contributed by atoms with Crippen LogP contribution in [0.15, 0.2) is 54.6 Å². The molecule has 3 aromatic rings. The molecule has 140 valence electrons. The number of halogens is 1. The van der Waals surface area contributed by atoms with Crippen molar-refractivity contribution in [3.05, 3.63) is 70.1 Å². The molecule has 7 heteroatoms. The van der Waals surface area contributed by atoms with E-state index >= 15 is 0 Å². The molecule has 0 spiro atoms. The molecule has 0 saturated carbocycles. The quantitative estimate of drug-likeness (QED) is 0.493. The van der Waals surface area contributed by atoms with Gasteiger partial charge in [-0.25, -0.2) is 0 Å². The van der Waals surface area contributed by atoms with E-state index in [2.05, 4.69) is 5.32 Å². The third kappa shape index (κ3) is 4.80. The first-order valence-electron chi connectivity index (χ1n) is 8.15. The van der Waals surface area contributed by atoms with Crippen molar-refractivity contribution in [1.82, 2.24) is 0 Å². The summed E-state index contributed by atoms with van der Waals surface area (Å²) in [5.74, 6) is -0.202. The molecule has 1 atom stereocenters. The zero-order chi connectivity index (χ0) is 19.4. The van der Waals surface area contributed by atoms with Crippen LogP contribution < -0.4 is 10.1 Å². The number of carboxylic acids is 1. The summed E-state index contributed by atoms with van der Waals surface area (Å²) in [6.07, 6.45) is -1.08.